The molecule has 0 amide bonds. The summed E-state index contributed by atoms with van der Waals surface area (Å²) in [5, 5.41) is 34.8. The molecule has 0 fully saturated rings. The summed E-state index contributed by atoms with van der Waals surface area (Å²) >= 11 is 0. The Balaban J connectivity index is 0. The van der Waals surface area contributed by atoms with Crippen LogP contribution in [0.1, 0.15) is 84.0 Å². The molecule has 246 valence electrons. The number of aliphatic hydroxyl groups excluding tert-OH is 4. The third-order valence-electron chi connectivity index (χ3n) is 6.48. The summed E-state index contributed by atoms with van der Waals surface area (Å²) in [7, 11) is -5.45. The fraction of sp³-hybridized carbons (Fsp3) is 0.821. The molecule has 13 nitrogen and oxygen atoms in total. The number of esters is 3. The van der Waals surface area contributed by atoms with Crippen LogP contribution in [-0.2, 0) is 38.7 Å². The first kappa shape index (κ1) is 44.0. The molecule has 4 unspecified atom stereocenters. The van der Waals surface area contributed by atoms with E-state index in [4.69, 9.17) is 29.5 Å². The molecule has 0 aromatic heterocycles. The first-order valence-corrected chi connectivity index (χ1v) is 16.1. The largest absolute Gasteiger partial charge is 1.00 e. The van der Waals surface area contributed by atoms with Gasteiger partial charge < -0.3 is 39.2 Å². The van der Waals surface area contributed by atoms with Crippen molar-refractivity contribution < 1.29 is 91.5 Å². The number of ether oxygens (including phenoxy) is 3. The van der Waals surface area contributed by atoms with Crippen LogP contribution in [0.5, 0.6) is 0 Å². The number of unbranched alkanes of at least 4 members (excludes halogenated alkanes) is 7. The maximum Gasteiger partial charge on any atom is 1.00 e. The van der Waals surface area contributed by atoms with E-state index < -0.39 is 77.6 Å². The smallest absolute Gasteiger partial charge is 0.747 e. The van der Waals surface area contributed by atoms with Crippen molar-refractivity contribution in [1.82, 2.24) is 0 Å². The number of carbonyl (C=O) groups is 3. The Morgan fingerprint density at radius 3 is 1.84 bits per heavy atom. The van der Waals surface area contributed by atoms with Crippen molar-refractivity contribution in [2.45, 2.75) is 95.3 Å². The Hall–Kier alpha value is -1.10. The molecule has 0 heterocycles. The number of carbonyl (C=O) groups excluding carboxylic acids is 3. The van der Waals surface area contributed by atoms with Gasteiger partial charge >= 0.3 is 47.5 Å². The molecule has 15 heteroatoms. The average molecular weight is 649 g/mol. The molecule has 0 aromatic carbocycles. The molecule has 4 atom stereocenters. The number of allylic oxidation sites excluding steroid dienone is 1. The first-order valence-electron chi connectivity index (χ1n) is 14.7. The van der Waals surface area contributed by atoms with Gasteiger partial charge in [-0.05, 0) is 25.2 Å². The molecule has 0 rings (SSSR count). The van der Waals surface area contributed by atoms with Crippen LogP contribution in [0.2, 0.25) is 0 Å². The van der Waals surface area contributed by atoms with Crippen LogP contribution in [0.15, 0.2) is 12.2 Å². The van der Waals surface area contributed by atoms with Gasteiger partial charge in [-0.25, -0.2) is 8.42 Å². The molecular weight excluding hydrogens is 599 g/mol. The second-order valence-corrected chi connectivity index (χ2v) is 11.4. The normalized spacial score (nSPS) is 14.4. The van der Waals surface area contributed by atoms with E-state index in [1.807, 2.05) is 0 Å². The van der Waals surface area contributed by atoms with Gasteiger partial charge in [-0.2, -0.15) is 0 Å². The molecule has 0 aromatic rings. The summed E-state index contributed by atoms with van der Waals surface area (Å²) in [4.78, 5) is 37.3. The Bertz CT molecular complexity index is 882. The molecule has 43 heavy (non-hydrogen) atoms. The Labute approximate surface area is 277 Å². The number of aliphatic hydroxyl groups is 4. The van der Waals surface area contributed by atoms with Crippen molar-refractivity contribution in [2.24, 2.45) is 11.8 Å². The first-order chi connectivity index (χ1) is 20.0. The summed E-state index contributed by atoms with van der Waals surface area (Å²) in [6.07, 6.45) is 9.32. The van der Waals surface area contributed by atoms with Crippen molar-refractivity contribution >= 4 is 28.0 Å². The van der Waals surface area contributed by atoms with Gasteiger partial charge in [0.15, 0.2) is 5.25 Å². The van der Waals surface area contributed by atoms with Gasteiger partial charge in [-0.1, -0.05) is 70.4 Å². The van der Waals surface area contributed by atoms with Crippen LogP contribution in [-0.4, -0.2) is 102 Å². The maximum absolute atomic E-state index is 13.1. The van der Waals surface area contributed by atoms with E-state index in [1.165, 1.54) is 12.2 Å². The topological polar surface area (TPSA) is 217 Å². The van der Waals surface area contributed by atoms with Crippen molar-refractivity contribution in [2.75, 3.05) is 39.6 Å². The van der Waals surface area contributed by atoms with Gasteiger partial charge in [0.25, 0.3) is 0 Å². The predicted molar refractivity (Wildman–Crippen MR) is 151 cm³/mol. The van der Waals surface area contributed by atoms with E-state index in [1.54, 1.807) is 0 Å². The predicted octanol–water partition coefficient (Wildman–Crippen LogP) is -1.64. The molecule has 0 bridgehead atoms. The summed E-state index contributed by atoms with van der Waals surface area (Å²) < 4.78 is 51.3. The second kappa shape index (κ2) is 27.2. The number of hydrogen-bond donors (Lipinski definition) is 4. The van der Waals surface area contributed by atoms with Crippen molar-refractivity contribution in [3.63, 3.8) is 0 Å². The van der Waals surface area contributed by atoms with Crippen LogP contribution in [0.4, 0.5) is 0 Å². The molecule has 0 saturated heterocycles. The van der Waals surface area contributed by atoms with E-state index in [9.17, 15) is 32.5 Å². The Morgan fingerprint density at radius 1 is 0.744 bits per heavy atom. The molecule has 0 radical (unpaired) electrons. The van der Waals surface area contributed by atoms with Gasteiger partial charge in [0, 0.05) is 6.42 Å². The van der Waals surface area contributed by atoms with Gasteiger partial charge in [-0.3, -0.25) is 14.4 Å². The number of rotatable bonds is 26. The van der Waals surface area contributed by atoms with E-state index in [2.05, 4.69) is 6.92 Å². The molecular formula is C28H49NaO13S. The minimum atomic E-state index is -5.45. The minimum absolute atomic E-state index is 0. The molecule has 4 N–H and O–H groups in total. The van der Waals surface area contributed by atoms with Gasteiger partial charge in [0.1, 0.15) is 29.9 Å². The van der Waals surface area contributed by atoms with Crippen molar-refractivity contribution in [3.8, 4) is 0 Å². The van der Waals surface area contributed by atoms with Crippen LogP contribution >= 0.6 is 0 Å². The van der Waals surface area contributed by atoms with Crippen LogP contribution < -0.4 is 29.6 Å². The average Bonchev–Trinajstić information content (AvgIpc) is 2.94. The summed E-state index contributed by atoms with van der Waals surface area (Å²) in [5.41, 5.74) is 0. The van der Waals surface area contributed by atoms with Gasteiger partial charge in [-0.15, -0.1) is 0 Å². The van der Waals surface area contributed by atoms with Gasteiger partial charge in [0.2, 0.25) is 0 Å². The van der Waals surface area contributed by atoms with Crippen LogP contribution in [0.3, 0.4) is 0 Å². The summed E-state index contributed by atoms with van der Waals surface area (Å²) in [6, 6.07) is 0. The fourth-order valence-electron chi connectivity index (χ4n) is 4.39. The van der Waals surface area contributed by atoms with Crippen LogP contribution in [0.25, 0.3) is 0 Å². The zero-order chi connectivity index (χ0) is 31.8. The minimum Gasteiger partial charge on any atom is -0.747 e. The summed E-state index contributed by atoms with van der Waals surface area (Å²) in [6.45, 7) is -0.555. The standard InChI is InChI=1S/C28H50O13S.Na/c1-2-3-4-9-12-23(32)15-14-22(11-8-6-5-7-10-13-24(33)39-19-16-29)25(27(34)40-20-17-30)26(42(36,37)38)28(35)41-21-18-31;/h14-15,22-23,25-26,29-32H,2-13,16-21H2,1H3,(H,36,37,38);/q;+1/p-1. The Kier molecular flexibility index (Phi) is 27.9. The zero-order valence-corrected chi connectivity index (χ0v) is 28.4. The SMILES string of the molecule is CCCCCCC(O)C=CC(CCCCCCCC(=O)OCCO)C(C(=O)OCCO)C(C(=O)OCCO)S(=O)(=O)[O-].[Na+]. The molecule has 0 saturated carbocycles. The maximum atomic E-state index is 13.1. The quantitative estimate of drug-likeness (QED) is 0.0207. The molecule has 0 aliphatic carbocycles. The number of hydrogen-bond acceptors (Lipinski definition) is 13. The van der Waals surface area contributed by atoms with E-state index in [-0.39, 0.29) is 55.6 Å². The molecule has 0 aliphatic rings. The van der Waals surface area contributed by atoms with Gasteiger partial charge in [0.05, 0.1) is 31.8 Å². The second-order valence-electron chi connectivity index (χ2n) is 9.94. The fourth-order valence-corrected chi connectivity index (χ4v) is 5.37. The Morgan fingerprint density at radius 2 is 1.26 bits per heavy atom. The van der Waals surface area contributed by atoms with E-state index in [0.717, 1.165) is 25.7 Å². The van der Waals surface area contributed by atoms with Crippen molar-refractivity contribution in [1.29, 1.82) is 0 Å². The van der Waals surface area contributed by atoms with Crippen LogP contribution in [0, 0.1) is 11.8 Å². The summed E-state index contributed by atoms with van der Waals surface area (Å²) in [5.74, 6) is -5.95. The third kappa shape index (κ3) is 21.3. The third-order valence-corrected chi connectivity index (χ3v) is 7.59. The van der Waals surface area contributed by atoms with E-state index in [0.29, 0.717) is 38.5 Å². The van der Waals surface area contributed by atoms with E-state index >= 15 is 0 Å². The monoisotopic (exact) mass is 648 g/mol. The zero-order valence-electron chi connectivity index (χ0n) is 25.6. The molecule has 0 aliphatic heterocycles. The van der Waals surface area contributed by atoms with Crippen molar-refractivity contribution in [3.05, 3.63) is 12.2 Å². The molecule has 0 spiro atoms.